The number of amidine groups is 1. The van der Waals surface area contributed by atoms with Gasteiger partial charge in [-0.3, -0.25) is 4.79 Å². The van der Waals surface area contributed by atoms with E-state index in [4.69, 9.17) is 32.9 Å². The van der Waals surface area contributed by atoms with Crippen molar-refractivity contribution in [2.45, 2.75) is 44.6 Å². The molecule has 0 radical (unpaired) electrons. The zero-order valence-electron chi connectivity index (χ0n) is 19.9. The number of aromatic nitrogens is 2. The smallest absolute Gasteiger partial charge is 0.229 e. The van der Waals surface area contributed by atoms with Crippen molar-refractivity contribution in [3.05, 3.63) is 45.7 Å². The maximum absolute atomic E-state index is 13.4. The zero-order valence-corrected chi connectivity index (χ0v) is 20.7. The van der Waals surface area contributed by atoms with Crippen LogP contribution in [0.15, 0.2) is 23.4 Å². The average molecular weight is 487 g/mol. The van der Waals surface area contributed by atoms with Crippen molar-refractivity contribution in [3.63, 3.8) is 0 Å². The van der Waals surface area contributed by atoms with E-state index in [1.165, 1.54) is 11.3 Å². The topological polar surface area (TPSA) is 135 Å². The quantitative estimate of drug-likeness (QED) is 0.253. The van der Waals surface area contributed by atoms with Crippen LogP contribution >= 0.6 is 11.6 Å². The van der Waals surface area contributed by atoms with Gasteiger partial charge in [0.05, 0.1) is 29.3 Å². The Labute approximate surface area is 204 Å². The molecule has 11 heteroatoms. The number of methoxy groups -OCH3 is 1. The van der Waals surface area contributed by atoms with Crippen molar-refractivity contribution in [2.75, 3.05) is 32.6 Å². The van der Waals surface area contributed by atoms with Crippen molar-refractivity contribution in [1.82, 2.24) is 20.0 Å². The molecule has 0 saturated carbocycles. The predicted octanol–water partition coefficient (Wildman–Crippen LogP) is 2.01. The van der Waals surface area contributed by atoms with Crippen LogP contribution in [0.25, 0.3) is 0 Å². The molecule has 0 aromatic carbocycles. The first-order valence-corrected chi connectivity index (χ1v) is 11.6. The molecule has 1 saturated heterocycles. The normalized spacial score (nSPS) is 20.6. The molecule has 5 N–H and O–H groups in total. The van der Waals surface area contributed by atoms with Gasteiger partial charge in [0.1, 0.15) is 5.82 Å². The molecular weight excluding hydrogens is 456 g/mol. The fourth-order valence-electron chi connectivity index (χ4n) is 4.77. The van der Waals surface area contributed by atoms with Crippen LogP contribution in [0.4, 0.5) is 5.82 Å². The van der Waals surface area contributed by atoms with E-state index in [9.17, 15) is 4.79 Å². The third kappa shape index (κ3) is 4.60. The summed E-state index contributed by atoms with van der Waals surface area (Å²) in [5.74, 6) is 6.84. The first kappa shape index (κ1) is 24.0. The molecule has 2 aliphatic rings. The van der Waals surface area contributed by atoms with Crippen LogP contribution < -0.4 is 21.6 Å². The molecule has 0 bridgehead atoms. The van der Waals surface area contributed by atoms with Crippen molar-refractivity contribution < 1.29 is 9.53 Å². The second-order valence-electron chi connectivity index (χ2n) is 9.07. The number of aryl methyl sites for hydroxylation is 2. The number of amides is 1. The maximum Gasteiger partial charge on any atom is 0.229 e. The molecule has 34 heavy (non-hydrogen) atoms. The third-order valence-electron chi connectivity index (χ3n) is 6.66. The largest absolute Gasteiger partial charge is 0.481 e. The molecule has 4 rings (SSSR count). The number of hydrazine groups is 1. The van der Waals surface area contributed by atoms with Gasteiger partial charge in [0.15, 0.2) is 5.84 Å². The number of hydrogen-bond donors (Lipinski definition) is 3. The molecule has 182 valence electrons. The van der Waals surface area contributed by atoms with Gasteiger partial charge in [0.2, 0.25) is 11.8 Å². The summed E-state index contributed by atoms with van der Waals surface area (Å²) in [6, 6.07) is 3.76. The van der Waals surface area contributed by atoms with E-state index in [-0.39, 0.29) is 11.4 Å². The molecule has 10 nitrogen and oxygen atoms in total. The number of nitrogens with zero attached hydrogens (tertiary/aromatic N) is 5. The molecule has 2 aromatic heterocycles. The lowest BCUT2D eigenvalue weighted by atomic mass is 9.86. The minimum atomic E-state index is -0.402. The van der Waals surface area contributed by atoms with E-state index in [1.54, 1.807) is 20.2 Å². The van der Waals surface area contributed by atoms with Crippen LogP contribution in [0.1, 0.15) is 48.1 Å². The maximum atomic E-state index is 13.4. The van der Waals surface area contributed by atoms with Crippen LogP contribution in [0.2, 0.25) is 5.02 Å². The van der Waals surface area contributed by atoms with Gasteiger partial charge < -0.3 is 20.7 Å². The molecule has 0 unspecified atom stereocenters. The summed E-state index contributed by atoms with van der Waals surface area (Å²) >= 11 is 6.34. The SMILES string of the molecule is COc1cc([C@@H](C)C(=O)N2CC[C@]3(CCc4cc(/C(N)=N/N(C)N)c(C)nc4N3)C2)c(Cl)cn1. The molecule has 2 aromatic rings. The molecule has 2 aliphatic heterocycles. The second-order valence-corrected chi connectivity index (χ2v) is 9.48. The number of hydrogen-bond acceptors (Lipinski definition) is 8. The number of pyridine rings is 2. The minimum Gasteiger partial charge on any atom is -0.481 e. The molecule has 2 atom stereocenters. The summed E-state index contributed by atoms with van der Waals surface area (Å²) < 4.78 is 5.20. The Morgan fingerprint density at radius 3 is 2.88 bits per heavy atom. The van der Waals surface area contributed by atoms with Crippen LogP contribution in [-0.4, -0.2) is 64.5 Å². The number of nitrogens with two attached hydrogens (primary N) is 2. The van der Waals surface area contributed by atoms with Gasteiger partial charge in [-0.05, 0) is 50.3 Å². The highest BCUT2D eigenvalue weighted by Crippen LogP contribution is 2.38. The van der Waals surface area contributed by atoms with Crippen LogP contribution in [0.5, 0.6) is 5.88 Å². The number of carbonyl (C=O) groups is 1. The highest BCUT2D eigenvalue weighted by Gasteiger charge is 2.43. The lowest BCUT2D eigenvalue weighted by Crippen LogP contribution is -2.46. The predicted molar refractivity (Wildman–Crippen MR) is 132 cm³/mol. The Morgan fingerprint density at radius 2 is 2.18 bits per heavy atom. The van der Waals surface area contributed by atoms with Crippen molar-refractivity contribution in [2.24, 2.45) is 16.7 Å². The van der Waals surface area contributed by atoms with Crippen molar-refractivity contribution >= 4 is 29.2 Å². The van der Waals surface area contributed by atoms with Crippen LogP contribution in [0, 0.1) is 6.92 Å². The van der Waals surface area contributed by atoms with Gasteiger partial charge in [0, 0.05) is 38.0 Å². The van der Waals surface area contributed by atoms with E-state index in [0.29, 0.717) is 35.4 Å². The number of likely N-dealkylation sites (tertiary alicyclic amines) is 1. The Morgan fingerprint density at radius 1 is 1.41 bits per heavy atom. The van der Waals surface area contributed by atoms with Gasteiger partial charge in [-0.15, -0.1) is 5.10 Å². The summed E-state index contributed by atoms with van der Waals surface area (Å²) in [6.07, 6.45) is 4.09. The van der Waals surface area contributed by atoms with E-state index in [1.807, 2.05) is 24.8 Å². The van der Waals surface area contributed by atoms with Gasteiger partial charge in [0.25, 0.3) is 0 Å². The zero-order chi connectivity index (χ0) is 24.6. The van der Waals surface area contributed by atoms with E-state index in [2.05, 4.69) is 15.4 Å². The van der Waals surface area contributed by atoms with Gasteiger partial charge in [-0.2, -0.15) is 0 Å². The van der Waals surface area contributed by atoms with E-state index in [0.717, 1.165) is 41.9 Å². The number of anilines is 1. The Hall–Kier alpha value is -3.11. The Kier molecular flexibility index (Phi) is 6.55. The van der Waals surface area contributed by atoms with Gasteiger partial charge in [-0.1, -0.05) is 11.6 Å². The number of hydrazone groups is 1. The highest BCUT2D eigenvalue weighted by molar-refractivity contribution is 6.31. The average Bonchev–Trinajstić information content (AvgIpc) is 3.20. The molecule has 1 spiro atoms. The lowest BCUT2D eigenvalue weighted by molar-refractivity contribution is -0.131. The van der Waals surface area contributed by atoms with Crippen LogP contribution in [-0.2, 0) is 11.2 Å². The summed E-state index contributed by atoms with van der Waals surface area (Å²) in [7, 11) is 3.16. The van der Waals surface area contributed by atoms with E-state index < -0.39 is 5.92 Å². The second kappa shape index (κ2) is 9.27. The van der Waals surface area contributed by atoms with E-state index >= 15 is 0 Å². The number of fused-ring (bicyclic) bond motifs is 1. The van der Waals surface area contributed by atoms with Crippen LogP contribution in [0.3, 0.4) is 0 Å². The molecular formula is C23H31ClN8O2. The summed E-state index contributed by atoms with van der Waals surface area (Å²) in [5, 5.41) is 9.37. The molecule has 0 aliphatic carbocycles. The fourth-order valence-corrected chi connectivity index (χ4v) is 5.03. The number of ether oxygens (including phenoxy) is 1. The molecule has 4 heterocycles. The monoisotopic (exact) mass is 486 g/mol. The fraction of sp³-hybridized carbons (Fsp3) is 0.478. The number of carbonyl (C=O) groups excluding carboxylic acids is 1. The van der Waals surface area contributed by atoms with Gasteiger partial charge >= 0.3 is 0 Å². The standard InChI is InChI=1S/C23H31ClN8O2/c1-13(16-10-19(34-4)27-11-18(16)24)22(33)32-8-7-23(12-32)6-5-15-9-17(20(25)30-31(3)26)14(2)28-21(15)29-23/h9-11,13H,5-8,12,26H2,1-4H3,(H2,25,30)(H,28,29)/t13-,23-/m1/s1. The summed E-state index contributed by atoms with van der Waals surface area (Å²) in [4.78, 5) is 24.1. The van der Waals surface area contributed by atoms with Crippen molar-refractivity contribution in [1.29, 1.82) is 0 Å². The Balaban J connectivity index is 1.50. The number of halogens is 1. The minimum absolute atomic E-state index is 0.0361. The summed E-state index contributed by atoms with van der Waals surface area (Å²) in [5.41, 5.74) is 9.24. The highest BCUT2D eigenvalue weighted by atomic mass is 35.5. The number of rotatable bonds is 5. The third-order valence-corrected chi connectivity index (χ3v) is 6.98. The lowest BCUT2D eigenvalue weighted by Gasteiger charge is -2.36. The molecule has 1 fully saturated rings. The molecule has 1 amide bonds. The first-order chi connectivity index (χ1) is 16.1. The first-order valence-electron chi connectivity index (χ1n) is 11.2. The van der Waals surface area contributed by atoms with Gasteiger partial charge in [-0.25, -0.2) is 20.9 Å². The Bertz CT molecular complexity index is 1140. The van der Waals surface area contributed by atoms with Crippen molar-refractivity contribution in [3.8, 4) is 5.88 Å². The summed E-state index contributed by atoms with van der Waals surface area (Å²) in [6.45, 7) is 5.05. The number of nitrogens with one attached hydrogen (secondary N) is 1.